The maximum absolute atomic E-state index is 12.2. The van der Waals surface area contributed by atoms with Gasteiger partial charge in [-0.25, -0.2) is 4.98 Å². The number of fused-ring (bicyclic) bond motifs is 1. The Morgan fingerprint density at radius 2 is 1.80 bits per heavy atom. The van der Waals surface area contributed by atoms with E-state index in [0.29, 0.717) is 18.1 Å². The number of carbonyl (C=O) groups excluding carboxylic acids is 1. The third kappa shape index (κ3) is 4.43. The van der Waals surface area contributed by atoms with Gasteiger partial charge in [-0.3, -0.25) is 4.79 Å². The van der Waals surface area contributed by atoms with E-state index in [9.17, 15) is 4.79 Å². The van der Waals surface area contributed by atoms with Crippen LogP contribution in [0.25, 0.3) is 22.4 Å². The van der Waals surface area contributed by atoms with Gasteiger partial charge in [-0.2, -0.15) is 0 Å². The molecular formula is C24H23N3O3. The molecule has 0 aliphatic carbocycles. The number of para-hydroxylation sites is 2. The number of rotatable bonds is 7. The average Bonchev–Trinajstić information content (AvgIpc) is 3.19. The summed E-state index contributed by atoms with van der Waals surface area (Å²) in [6, 6.07) is 21.0. The molecule has 1 aromatic heterocycles. The van der Waals surface area contributed by atoms with Crippen molar-refractivity contribution in [3.63, 3.8) is 0 Å². The molecule has 0 radical (unpaired) electrons. The molecular weight excluding hydrogens is 378 g/mol. The Balaban J connectivity index is 1.48. The van der Waals surface area contributed by atoms with E-state index < -0.39 is 0 Å². The summed E-state index contributed by atoms with van der Waals surface area (Å²) in [5, 5.41) is 2.82. The zero-order valence-corrected chi connectivity index (χ0v) is 16.9. The first-order chi connectivity index (χ1) is 14.6. The Labute approximate surface area is 174 Å². The van der Waals surface area contributed by atoms with Gasteiger partial charge in [0.05, 0.1) is 17.6 Å². The first-order valence-corrected chi connectivity index (χ1v) is 9.83. The smallest absolute Gasteiger partial charge is 0.262 e. The van der Waals surface area contributed by atoms with Gasteiger partial charge in [0, 0.05) is 11.3 Å². The van der Waals surface area contributed by atoms with E-state index in [1.807, 2.05) is 74.5 Å². The monoisotopic (exact) mass is 401 g/mol. The molecule has 0 bridgehead atoms. The topological polar surface area (TPSA) is 76.2 Å². The number of aromatic nitrogens is 2. The molecule has 0 unspecified atom stereocenters. The van der Waals surface area contributed by atoms with Crippen LogP contribution in [0.3, 0.4) is 0 Å². The number of H-pyrrole nitrogens is 1. The van der Waals surface area contributed by atoms with Crippen molar-refractivity contribution in [3.05, 3.63) is 72.3 Å². The second-order valence-corrected chi connectivity index (χ2v) is 6.90. The molecule has 6 heteroatoms. The molecule has 4 aromatic rings. The van der Waals surface area contributed by atoms with Gasteiger partial charge in [-0.05, 0) is 56.3 Å². The second kappa shape index (κ2) is 8.69. The Hall–Kier alpha value is -3.80. The number of ether oxygens (including phenoxy) is 2. The van der Waals surface area contributed by atoms with Crippen molar-refractivity contribution >= 4 is 22.6 Å². The number of benzene rings is 3. The van der Waals surface area contributed by atoms with Gasteiger partial charge in [-0.1, -0.05) is 29.8 Å². The lowest BCUT2D eigenvalue weighted by molar-refractivity contribution is -0.118. The highest BCUT2D eigenvalue weighted by atomic mass is 16.5. The van der Waals surface area contributed by atoms with Crippen LogP contribution < -0.4 is 14.8 Å². The zero-order chi connectivity index (χ0) is 20.9. The molecule has 0 aliphatic rings. The van der Waals surface area contributed by atoms with E-state index >= 15 is 0 Å². The fourth-order valence-electron chi connectivity index (χ4n) is 3.11. The van der Waals surface area contributed by atoms with Gasteiger partial charge in [0.25, 0.3) is 5.91 Å². The first-order valence-electron chi connectivity index (χ1n) is 9.83. The second-order valence-electron chi connectivity index (χ2n) is 6.90. The first kappa shape index (κ1) is 19.5. The largest absolute Gasteiger partial charge is 0.490 e. The maximum Gasteiger partial charge on any atom is 0.262 e. The predicted molar refractivity (Wildman–Crippen MR) is 118 cm³/mol. The molecule has 3 aromatic carbocycles. The van der Waals surface area contributed by atoms with E-state index in [-0.39, 0.29) is 12.5 Å². The van der Waals surface area contributed by atoms with Crippen LogP contribution in [-0.4, -0.2) is 29.1 Å². The molecule has 2 N–H and O–H groups in total. The minimum atomic E-state index is -0.234. The number of nitrogens with one attached hydrogen (secondary N) is 2. The van der Waals surface area contributed by atoms with Crippen LogP contribution in [0.4, 0.5) is 5.69 Å². The van der Waals surface area contributed by atoms with Crippen molar-refractivity contribution in [2.24, 2.45) is 0 Å². The number of nitrogens with zero attached hydrogens (tertiary/aromatic N) is 1. The fourth-order valence-corrected chi connectivity index (χ4v) is 3.11. The number of aryl methyl sites for hydroxylation is 1. The summed E-state index contributed by atoms with van der Waals surface area (Å²) in [5.74, 6) is 1.60. The van der Waals surface area contributed by atoms with Crippen LogP contribution in [0.5, 0.6) is 11.5 Å². The number of aromatic amines is 1. The van der Waals surface area contributed by atoms with Crippen LogP contribution in [0.1, 0.15) is 12.5 Å². The number of imidazole rings is 1. The Morgan fingerprint density at radius 3 is 2.57 bits per heavy atom. The molecule has 0 fully saturated rings. The van der Waals surface area contributed by atoms with Gasteiger partial charge in [0.1, 0.15) is 5.82 Å². The lowest BCUT2D eigenvalue weighted by atomic mass is 10.2. The van der Waals surface area contributed by atoms with Crippen molar-refractivity contribution in [1.29, 1.82) is 0 Å². The van der Waals surface area contributed by atoms with Crippen LogP contribution >= 0.6 is 0 Å². The standard InChI is InChI=1S/C24H23N3O3/c1-3-29-22-14-17(24-26-19-6-4-5-7-20(19)27-24)10-13-21(22)30-15-23(28)25-18-11-8-16(2)9-12-18/h4-14H,3,15H2,1-2H3,(H,25,28)(H,26,27). The highest BCUT2D eigenvalue weighted by Crippen LogP contribution is 2.32. The normalized spacial score (nSPS) is 10.7. The van der Waals surface area contributed by atoms with Crippen molar-refractivity contribution in [2.75, 3.05) is 18.5 Å². The summed E-state index contributed by atoms with van der Waals surface area (Å²) in [6.45, 7) is 4.27. The molecule has 0 spiro atoms. The molecule has 0 atom stereocenters. The molecule has 6 nitrogen and oxygen atoms in total. The van der Waals surface area contributed by atoms with Gasteiger partial charge in [-0.15, -0.1) is 0 Å². The highest BCUT2D eigenvalue weighted by molar-refractivity contribution is 5.92. The summed E-state index contributed by atoms with van der Waals surface area (Å²) in [5.41, 5.74) is 4.62. The minimum Gasteiger partial charge on any atom is -0.490 e. The molecule has 0 aliphatic heterocycles. The van der Waals surface area contributed by atoms with E-state index in [1.165, 1.54) is 0 Å². The molecule has 1 heterocycles. The summed E-state index contributed by atoms with van der Waals surface area (Å²) < 4.78 is 11.5. The number of amides is 1. The van der Waals surface area contributed by atoms with E-state index in [4.69, 9.17) is 9.47 Å². The minimum absolute atomic E-state index is 0.113. The molecule has 0 saturated heterocycles. The number of hydrogen-bond donors (Lipinski definition) is 2. The van der Waals surface area contributed by atoms with E-state index in [2.05, 4.69) is 15.3 Å². The van der Waals surface area contributed by atoms with Gasteiger partial charge in [0.2, 0.25) is 0 Å². The number of carbonyl (C=O) groups is 1. The molecule has 0 saturated carbocycles. The zero-order valence-electron chi connectivity index (χ0n) is 16.9. The van der Waals surface area contributed by atoms with Crippen molar-refractivity contribution < 1.29 is 14.3 Å². The third-order valence-corrected chi connectivity index (χ3v) is 4.60. The Kier molecular flexibility index (Phi) is 5.66. The van der Waals surface area contributed by atoms with Gasteiger partial charge < -0.3 is 19.8 Å². The van der Waals surface area contributed by atoms with Crippen LogP contribution in [0.2, 0.25) is 0 Å². The van der Waals surface area contributed by atoms with Crippen molar-refractivity contribution in [3.8, 4) is 22.9 Å². The summed E-state index contributed by atoms with van der Waals surface area (Å²) in [6.07, 6.45) is 0. The summed E-state index contributed by atoms with van der Waals surface area (Å²) >= 11 is 0. The van der Waals surface area contributed by atoms with Gasteiger partial charge in [0.15, 0.2) is 18.1 Å². The third-order valence-electron chi connectivity index (χ3n) is 4.60. The number of hydrogen-bond acceptors (Lipinski definition) is 4. The van der Waals surface area contributed by atoms with Crippen LogP contribution in [-0.2, 0) is 4.79 Å². The van der Waals surface area contributed by atoms with Crippen molar-refractivity contribution in [1.82, 2.24) is 9.97 Å². The SMILES string of the molecule is CCOc1cc(-c2nc3ccccc3[nH]2)ccc1OCC(=O)Nc1ccc(C)cc1. The fraction of sp³-hybridized carbons (Fsp3) is 0.167. The lowest BCUT2D eigenvalue weighted by Crippen LogP contribution is -2.20. The van der Waals surface area contributed by atoms with Gasteiger partial charge >= 0.3 is 0 Å². The number of anilines is 1. The molecule has 152 valence electrons. The van der Waals surface area contributed by atoms with Crippen molar-refractivity contribution in [2.45, 2.75) is 13.8 Å². The van der Waals surface area contributed by atoms with E-state index in [1.54, 1.807) is 6.07 Å². The van der Waals surface area contributed by atoms with Crippen LogP contribution in [0.15, 0.2) is 66.7 Å². The highest BCUT2D eigenvalue weighted by Gasteiger charge is 2.12. The molecule has 1 amide bonds. The summed E-state index contributed by atoms with van der Waals surface area (Å²) in [4.78, 5) is 20.2. The summed E-state index contributed by atoms with van der Waals surface area (Å²) in [7, 11) is 0. The van der Waals surface area contributed by atoms with E-state index in [0.717, 1.165) is 33.7 Å². The molecule has 30 heavy (non-hydrogen) atoms. The Morgan fingerprint density at radius 1 is 1.00 bits per heavy atom. The Bertz CT molecular complexity index is 1130. The lowest BCUT2D eigenvalue weighted by Gasteiger charge is -2.13. The quantitative estimate of drug-likeness (QED) is 0.459. The van der Waals surface area contributed by atoms with Crippen LogP contribution in [0, 0.1) is 6.92 Å². The molecule has 4 rings (SSSR count). The average molecular weight is 401 g/mol. The predicted octanol–water partition coefficient (Wildman–Crippen LogP) is 4.95. The maximum atomic E-state index is 12.2.